The van der Waals surface area contributed by atoms with Gasteiger partial charge in [0.05, 0.1) is 0 Å². The Morgan fingerprint density at radius 2 is 1.08 bits per heavy atom. The third-order valence-electron chi connectivity index (χ3n) is 8.71. The van der Waals surface area contributed by atoms with Gasteiger partial charge in [0.1, 0.15) is 0 Å². The van der Waals surface area contributed by atoms with E-state index in [1.54, 1.807) is 33.4 Å². The summed E-state index contributed by atoms with van der Waals surface area (Å²) in [7, 11) is 0. The SMILES string of the molecule is CCc1ccc(C)c2c1C=C(C)[CH]2[Zr+2](=[SiH2])([CH2]c1ccccc1)[CH]1C(C)=Cc2c(CC)ccc(C)c21.[Cl-].[Cl-]. The van der Waals surface area contributed by atoms with Crippen LogP contribution in [0.5, 0.6) is 0 Å². The summed E-state index contributed by atoms with van der Waals surface area (Å²) in [6.45, 7) is 16.7. The molecule has 0 radical (unpaired) electrons. The molecule has 2 aliphatic rings. The Morgan fingerprint density at radius 1 is 0.649 bits per heavy atom. The number of hydrogen-bond acceptors (Lipinski definition) is 0. The van der Waals surface area contributed by atoms with Crippen LogP contribution in [-0.4, -0.2) is 6.88 Å². The molecule has 2 atom stereocenters. The number of hydrogen-bond donors (Lipinski definition) is 0. The second-order valence-electron chi connectivity index (χ2n) is 11.0. The Morgan fingerprint density at radius 3 is 1.49 bits per heavy atom. The zero-order valence-electron chi connectivity index (χ0n) is 23.1. The van der Waals surface area contributed by atoms with Gasteiger partial charge in [0.2, 0.25) is 0 Å². The van der Waals surface area contributed by atoms with Crippen LogP contribution in [0.1, 0.15) is 85.0 Å². The van der Waals surface area contributed by atoms with E-state index in [0.717, 1.165) is 12.8 Å². The molecule has 0 aliphatic heterocycles. The van der Waals surface area contributed by atoms with Crippen LogP contribution in [0.25, 0.3) is 12.2 Å². The quantitative estimate of drug-likeness (QED) is 0.368. The molecule has 3 aromatic rings. The van der Waals surface area contributed by atoms with Gasteiger partial charge < -0.3 is 24.8 Å². The van der Waals surface area contributed by atoms with Crippen LogP contribution in [0, 0.1) is 13.8 Å². The van der Waals surface area contributed by atoms with Crippen molar-refractivity contribution in [1.29, 1.82) is 0 Å². The Bertz CT molecular complexity index is 1330. The topological polar surface area (TPSA) is 0 Å². The molecule has 0 saturated carbocycles. The van der Waals surface area contributed by atoms with Crippen LogP contribution >= 0.6 is 0 Å². The Labute approximate surface area is 242 Å². The molecule has 0 amide bonds. The van der Waals surface area contributed by atoms with E-state index in [9.17, 15) is 0 Å². The van der Waals surface area contributed by atoms with Crippen LogP contribution in [0.3, 0.4) is 0 Å². The summed E-state index contributed by atoms with van der Waals surface area (Å²) in [6, 6.07) is 21.0. The number of rotatable bonds is 6. The van der Waals surface area contributed by atoms with Gasteiger partial charge in [-0.2, -0.15) is 0 Å². The minimum Gasteiger partial charge on any atom is -1.00 e. The maximum atomic E-state index is 2.57. The third kappa shape index (κ3) is 5.09. The van der Waals surface area contributed by atoms with Gasteiger partial charge >= 0.3 is 219 Å². The predicted molar refractivity (Wildman–Crippen MR) is 153 cm³/mol. The van der Waals surface area contributed by atoms with Crippen molar-refractivity contribution >= 4 is 19.0 Å². The number of aryl methyl sites for hydroxylation is 4. The molecule has 5 rings (SSSR count). The maximum absolute atomic E-state index is 3.04. The van der Waals surface area contributed by atoms with Crippen LogP contribution < -0.4 is 24.8 Å². The van der Waals surface area contributed by atoms with Gasteiger partial charge in [0.15, 0.2) is 0 Å². The standard InChI is InChI=1S/2C13H15.C7H7.2ClH.H2Si.Zr/c2*1-4-11-6-5-10(3)12-7-9(2)8-13(11)12;1-7-5-3-2-4-6-7;;;;/h2*5-8H,4H2,1-3H3;2-6H,1H2;2*1H;1H2;/q;;;;;;+2/p-2. The van der Waals surface area contributed by atoms with E-state index >= 15 is 0 Å². The molecule has 0 nitrogen and oxygen atoms in total. The molecule has 0 heterocycles. The minimum atomic E-state index is -3.04. The normalized spacial score (nSPS) is 18.2. The van der Waals surface area contributed by atoms with Gasteiger partial charge in [-0.3, -0.25) is 0 Å². The Kier molecular flexibility index (Phi) is 9.78. The molecular formula is C33H39Cl2SiZr. The number of fused-ring (bicyclic) bond motifs is 2. The molecule has 0 spiro atoms. The first-order chi connectivity index (χ1) is 16.8. The van der Waals surface area contributed by atoms with Gasteiger partial charge in [-0.1, -0.05) is 0 Å². The number of benzene rings is 3. The fraction of sp³-hybridized carbons (Fsp3) is 0.333. The summed E-state index contributed by atoms with van der Waals surface area (Å²) in [5.41, 5.74) is 17.3. The van der Waals surface area contributed by atoms with Crippen LogP contribution in [0.2, 0.25) is 0 Å². The molecule has 3 aromatic carbocycles. The maximum Gasteiger partial charge on any atom is -1.00 e. The van der Waals surface area contributed by atoms with Gasteiger partial charge in [-0.15, -0.1) is 0 Å². The molecule has 37 heavy (non-hydrogen) atoms. The van der Waals surface area contributed by atoms with Crippen molar-refractivity contribution in [2.45, 2.75) is 65.8 Å². The average molecular weight is 626 g/mol. The molecule has 4 heteroatoms. The van der Waals surface area contributed by atoms with Crippen LogP contribution in [-0.2, 0) is 35.9 Å². The monoisotopic (exact) mass is 623 g/mol. The van der Waals surface area contributed by atoms with Gasteiger partial charge in [-0.25, -0.2) is 0 Å². The minimum absolute atomic E-state index is 0. The molecule has 2 aliphatic carbocycles. The Hall–Kier alpha value is -1.18. The zero-order chi connectivity index (χ0) is 24.9. The van der Waals surface area contributed by atoms with Crippen molar-refractivity contribution in [1.82, 2.24) is 0 Å². The van der Waals surface area contributed by atoms with E-state index in [4.69, 9.17) is 0 Å². The van der Waals surface area contributed by atoms with Crippen molar-refractivity contribution in [3.63, 3.8) is 0 Å². The number of halogens is 2. The molecule has 0 bridgehead atoms. The Balaban J connectivity index is 0.00000190. The summed E-state index contributed by atoms with van der Waals surface area (Å²) >= 11 is -3.04. The van der Waals surface area contributed by atoms with E-state index in [-0.39, 0.29) is 24.8 Å². The summed E-state index contributed by atoms with van der Waals surface area (Å²) in [5, 5.41) is 0. The summed E-state index contributed by atoms with van der Waals surface area (Å²) in [6.07, 6.45) is 7.36. The molecular weight excluding hydrogens is 587 g/mol. The second-order valence-corrected chi connectivity index (χ2v) is 28.5. The first kappa shape index (κ1) is 30.4. The molecule has 193 valence electrons. The fourth-order valence-corrected chi connectivity index (χ4v) is 29.0. The molecule has 0 saturated heterocycles. The van der Waals surface area contributed by atoms with Crippen molar-refractivity contribution in [2.75, 3.05) is 0 Å². The molecule has 0 aromatic heterocycles. The summed E-state index contributed by atoms with van der Waals surface area (Å²) in [5.74, 6) is 0. The van der Waals surface area contributed by atoms with Gasteiger partial charge in [-0.05, 0) is 0 Å². The van der Waals surface area contributed by atoms with E-state index in [0.29, 0.717) is 7.25 Å². The second kappa shape index (κ2) is 11.9. The van der Waals surface area contributed by atoms with Gasteiger partial charge in [0.25, 0.3) is 0 Å². The van der Waals surface area contributed by atoms with E-state index in [2.05, 4.69) is 115 Å². The van der Waals surface area contributed by atoms with E-state index in [1.165, 1.54) is 31.9 Å². The predicted octanol–water partition coefficient (Wildman–Crippen LogP) is 1.95. The third-order valence-corrected chi connectivity index (χ3v) is 27.0. The zero-order valence-corrected chi connectivity index (χ0v) is 28.5. The van der Waals surface area contributed by atoms with Crippen LogP contribution in [0.15, 0.2) is 65.7 Å². The van der Waals surface area contributed by atoms with Crippen molar-refractivity contribution in [3.05, 3.63) is 116 Å². The van der Waals surface area contributed by atoms with E-state index in [1.807, 2.05) is 0 Å². The summed E-state index contributed by atoms with van der Waals surface area (Å²) < 4.78 is 2.52. The average Bonchev–Trinajstić information content (AvgIpc) is 3.39. The largest absolute Gasteiger partial charge is 1.00 e. The smallest absolute Gasteiger partial charge is 1.00 e. The van der Waals surface area contributed by atoms with E-state index < -0.39 is 18.9 Å². The first-order valence-electron chi connectivity index (χ1n) is 13.3. The van der Waals surface area contributed by atoms with Crippen molar-refractivity contribution < 1.29 is 43.7 Å². The van der Waals surface area contributed by atoms with Crippen LogP contribution in [0.4, 0.5) is 0 Å². The first-order valence-corrected chi connectivity index (χ1v) is 23.8. The molecule has 0 N–H and O–H groups in total. The van der Waals surface area contributed by atoms with Crippen molar-refractivity contribution in [3.8, 4) is 0 Å². The van der Waals surface area contributed by atoms with Gasteiger partial charge in [0, 0.05) is 0 Å². The molecule has 0 fully saturated rings. The number of allylic oxidation sites excluding steroid dienone is 2. The molecule has 2 unspecified atom stereocenters. The fourth-order valence-electron chi connectivity index (χ4n) is 7.21. The van der Waals surface area contributed by atoms with Crippen molar-refractivity contribution in [2.24, 2.45) is 0 Å². The summed E-state index contributed by atoms with van der Waals surface area (Å²) in [4.78, 5) is 0.